The molecule has 2 aliphatic carbocycles. The third-order valence-corrected chi connectivity index (χ3v) is 8.46. The van der Waals surface area contributed by atoms with Crippen molar-refractivity contribution in [3.8, 4) is 0 Å². The molecule has 4 rings (SSSR count). The first-order valence-corrected chi connectivity index (χ1v) is 8.25. The van der Waals surface area contributed by atoms with Gasteiger partial charge in [-0.05, 0) is 26.2 Å². The number of hydrogen-bond acceptors (Lipinski definition) is 4. The summed E-state index contributed by atoms with van der Waals surface area (Å²) in [5.74, 6) is -0.0571. The maximum Gasteiger partial charge on any atom is 0.335 e. The van der Waals surface area contributed by atoms with Gasteiger partial charge in [-0.2, -0.15) is 0 Å². The Balaban J connectivity index is 1.72. The molecular weight excluding hydrogens is 252 g/mol. The number of thioether (sulfide) groups is 2. The van der Waals surface area contributed by atoms with E-state index in [1.165, 1.54) is 24.8 Å². The molecule has 2 aliphatic heterocycles. The van der Waals surface area contributed by atoms with Crippen LogP contribution >= 0.6 is 23.5 Å². The van der Waals surface area contributed by atoms with Crippen LogP contribution in [0.2, 0.25) is 0 Å². The molecule has 3 fully saturated rings. The summed E-state index contributed by atoms with van der Waals surface area (Å²) in [5.41, 5.74) is 2.25. The molecule has 4 aliphatic rings. The zero-order valence-corrected chi connectivity index (χ0v) is 11.5. The summed E-state index contributed by atoms with van der Waals surface area (Å²) < 4.78 is 5.83. The molecule has 2 nitrogen and oxygen atoms in total. The lowest BCUT2D eigenvalue weighted by atomic mass is 10.1. The number of rotatable bonds is 0. The van der Waals surface area contributed by atoms with Crippen LogP contribution in [0.3, 0.4) is 0 Å². The molecule has 4 heteroatoms. The monoisotopic (exact) mass is 268 g/mol. The van der Waals surface area contributed by atoms with Crippen LogP contribution in [0, 0.1) is 0 Å². The molecule has 0 aromatic heterocycles. The molecule has 4 atom stereocenters. The highest BCUT2D eigenvalue weighted by molar-refractivity contribution is 8.08. The topological polar surface area (TPSA) is 26.3 Å². The van der Waals surface area contributed by atoms with Gasteiger partial charge in [0.05, 0.1) is 5.25 Å². The molecule has 2 bridgehead atoms. The maximum atomic E-state index is 11.9. The molecule has 0 aromatic carbocycles. The third kappa shape index (κ3) is 1.40. The fraction of sp³-hybridized carbons (Fsp3) is 0.769. The largest absolute Gasteiger partial charge is 0.443 e. The summed E-state index contributed by atoms with van der Waals surface area (Å²) in [6.07, 6.45) is 6.11. The quantitative estimate of drug-likeness (QED) is 0.631. The molecule has 4 unspecified atom stereocenters. The van der Waals surface area contributed by atoms with Gasteiger partial charge in [-0.3, -0.25) is 0 Å². The van der Waals surface area contributed by atoms with Crippen molar-refractivity contribution in [1.29, 1.82) is 0 Å². The van der Waals surface area contributed by atoms with E-state index in [1.54, 1.807) is 0 Å². The van der Waals surface area contributed by atoms with E-state index in [9.17, 15) is 4.79 Å². The first-order valence-electron chi connectivity index (χ1n) is 6.43. The van der Waals surface area contributed by atoms with Crippen LogP contribution in [-0.4, -0.2) is 26.7 Å². The van der Waals surface area contributed by atoms with E-state index in [1.807, 2.05) is 18.7 Å². The molecule has 1 saturated heterocycles. The Morgan fingerprint density at radius 1 is 1.35 bits per heavy atom. The Morgan fingerprint density at radius 2 is 2.18 bits per heavy atom. The molecule has 1 spiro atoms. The van der Waals surface area contributed by atoms with Gasteiger partial charge in [0, 0.05) is 22.5 Å². The zero-order chi connectivity index (χ0) is 11.6. The summed E-state index contributed by atoms with van der Waals surface area (Å²) in [7, 11) is 0. The first-order chi connectivity index (χ1) is 8.18. The summed E-state index contributed by atoms with van der Waals surface area (Å²) in [5, 5.41) is 2.06. The average molecular weight is 268 g/mol. The number of esters is 1. The van der Waals surface area contributed by atoms with Crippen molar-refractivity contribution in [2.24, 2.45) is 0 Å². The van der Waals surface area contributed by atoms with Gasteiger partial charge in [-0.15, -0.1) is 23.5 Å². The number of hydrogen-bond donors (Lipinski definition) is 0. The second-order valence-corrected chi connectivity index (χ2v) is 8.54. The van der Waals surface area contributed by atoms with Gasteiger partial charge in [0.15, 0.2) is 4.93 Å². The minimum Gasteiger partial charge on any atom is -0.443 e. The minimum absolute atomic E-state index is 0.0571. The summed E-state index contributed by atoms with van der Waals surface area (Å²) in [6.45, 7) is 1.93. The predicted molar refractivity (Wildman–Crippen MR) is 71.2 cm³/mol. The SMILES string of the molecule is CC1=C2CC3SC4CCCC4SC3(C2)OC1=O. The lowest BCUT2D eigenvalue weighted by molar-refractivity contribution is -0.146. The van der Waals surface area contributed by atoms with E-state index >= 15 is 0 Å². The van der Waals surface area contributed by atoms with Gasteiger partial charge in [0.2, 0.25) is 0 Å². The summed E-state index contributed by atoms with van der Waals surface area (Å²) in [4.78, 5) is 11.7. The second-order valence-electron chi connectivity index (χ2n) is 5.56. The maximum absolute atomic E-state index is 11.9. The Bertz CT molecular complexity index is 431. The van der Waals surface area contributed by atoms with Crippen LogP contribution in [0.4, 0.5) is 0 Å². The van der Waals surface area contributed by atoms with Gasteiger partial charge in [-0.25, -0.2) is 4.79 Å². The molecule has 92 valence electrons. The number of fused-ring (bicyclic) bond motifs is 2. The van der Waals surface area contributed by atoms with E-state index in [0.717, 1.165) is 28.9 Å². The minimum atomic E-state index is -0.192. The van der Waals surface area contributed by atoms with Gasteiger partial charge < -0.3 is 4.74 Å². The highest BCUT2D eigenvalue weighted by Gasteiger charge is 2.59. The number of carbonyl (C=O) groups excluding carboxylic acids is 1. The molecule has 17 heavy (non-hydrogen) atoms. The van der Waals surface area contributed by atoms with Crippen molar-refractivity contribution in [2.45, 2.75) is 59.7 Å². The van der Waals surface area contributed by atoms with Gasteiger partial charge in [-0.1, -0.05) is 12.0 Å². The van der Waals surface area contributed by atoms with Crippen LogP contribution in [-0.2, 0) is 9.53 Å². The highest BCUT2D eigenvalue weighted by atomic mass is 32.2. The van der Waals surface area contributed by atoms with Gasteiger partial charge in [0.25, 0.3) is 0 Å². The molecule has 0 amide bonds. The predicted octanol–water partition coefficient (Wildman–Crippen LogP) is 3.12. The van der Waals surface area contributed by atoms with Crippen LogP contribution in [0.5, 0.6) is 0 Å². The second kappa shape index (κ2) is 3.47. The van der Waals surface area contributed by atoms with E-state index in [4.69, 9.17) is 4.74 Å². The average Bonchev–Trinajstić information content (AvgIpc) is 2.84. The van der Waals surface area contributed by atoms with Crippen molar-refractivity contribution in [1.82, 2.24) is 0 Å². The van der Waals surface area contributed by atoms with E-state index < -0.39 is 0 Å². The summed E-state index contributed by atoms with van der Waals surface area (Å²) >= 11 is 4.09. The van der Waals surface area contributed by atoms with E-state index in [2.05, 4.69) is 11.8 Å². The Kier molecular flexibility index (Phi) is 2.21. The number of carbonyl (C=O) groups is 1. The van der Waals surface area contributed by atoms with Crippen molar-refractivity contribution >= 4 is 29.5 Å². The normalized spacial score (nSPS) is 47.8. The smallest absolute Gasteiger partial charge is 0.335 e. The molecule has 2 heterocycles. The van der Waals surface area contributed by atoms with Crippen molar-refractivity contribution in [2.75, 3.05) is 0 Å². The van der Waals surface area contributed by atoms with E-state index in [-0.39, 0.29) is 10.9 Å². The van der Waals surface area contributed by atoms with Crippen molar-refractivity contribution in [3.05, 3.63) is 11.1 Å². The first kappa shape index (κ1) is 10.8. The van der Waals surface area contributed by atoms with Crippen LogP contribution in [0.1, 0.15) is 39.0 Å². The number of ether oxygens (including phenoxy) is 1. The fourth-order valence-corrected chi connectivity index (χ4v) is 7.64. The standard InChI is InChI=1S/C13H16O2S2/c1-7-8-5-11-13(6-8,15-12(7)14)17-10-4-2-3-9(10)16-11/h9-11H,2-6H2,1H3. The fourth-order valence-electron chi connectivity index (χ4n) is 3.57. The van der Waals surface area contributed by atoms with Crippen LogP contribution < -0.4 is 0 Å². The molecule has 0 radical (unpaired) electrons. The van der Waals surface area contributed by atoms with Crippen molar-refractivity contribution < 1.29 is 9.53 Å². The van der Waals surface area contributed by atoms with Crippen LogP contribution in [0.15, 0.2) is 11.1 Å². The molecular formula is C13H16O2S2. The molecule has 0 aromatic rings. The third-order valence-electron chi connectivity index (χ3n) is 4.57. The molecule has 2 saturated carbocycles. The van der Waals surface area contributed by atoms with E-state index in [0.29, 0.717) is 5.25 Å². The Hall–Kier alpha value is -0.0900. The highest BCUT2D eigenvalue weighted by Crippen LogP contribution is 2.62. The Morgan fingerprint density at radius 3 is 3.06 bits per heavy atom. The molecule has 0 N–H and O–H groups in total. The lowest BCUT2D eigenvalue weighted by Gasteiger charge is -2.43. The van der Waals surface area contributed by atoms with Gasteiger partial charge >= 0.3 is 5.97 Å². The summed E-state index contributed by atoms with van der Waals surface area (Å²) in [6, 6.07) is 0. The zero-order valence-electron chi connectivity index (χ0n) is 9.90. The lowest BCUT2D eigenvalue weighted by Crippen LogP contribution is -2.45. The van der Waals surface area contributed by atoms with Crippen molar-refractivity contribution in [3.63, 3.8) is 0 Å². The van der Waals surface area contributed by atoms with Crippen LogP contribution in [0.25, 0.3) is 0 Å². The Labute approximate surface area is 110 Å². The van der Waals surface area contributed by atoms with Gasteiger partial charge in [0.1, 0.15) is 0 Å².